The molecule has 0 radical (unpaired) electrons. The minimum Gasteiger partial charge on any atom is -0.497 e. The maximum Gasteiger partial charge on any atom is 0.262 e. The van der Waals surface area contributed by atoms with Crippen LogP contribution in [-0.4, -0.2) is 26.4 Å². The van der Waals surface area contributed by atoms with Gasteiger partial charge < -0.3 is 20.5 Å². The Labute approximate surface area is 121 Å². The first kappa shape index (κ1) is 15.7. The second-order valence-electron chi connectivity index (χ2n) is 3.58. The van der Waals surface area contributed by atoms with Crippen molar-refractivity contribution < 1.29 is 14.3 Å². The molecule has 6 nitrogen and oxygen atoms in total. The lowest BCUT2D eigenvalue weighted by molar-refractivity contribution is -0.114. The number of nitrogens with one attached hydrogen (secondary N) is 1. The van der Waals surface area contributed by atoms with E-state index in [1.807, 2.05) is 0 Å². The van der Waals surface area contributed by atoms with Gasteiger partial charge in [-0.3, -0.25) is 4.79 Å². The van der Waals surface area contributed by atoms with Crippen LogP contribution in [0.1, 0.15) is 0 Å². The summed E-state index contributed by atoms with van der Waals surface area (Å²) < 4.78 is 10.3. The zero-order valence-electron chi connectivity index (χ0n) is 11.4. The van der Waals surface area contributed by atoms with E-state index in [4.69, 9.17) is 20.5 Å². The van der Waals surface area contributed by atoms with Crippen LogP contribution in [0.2, 0.25) is 0 Å². The maximum atomic E-state index is 11.2. The van der Waals surface area contributed by atoms with Crippen molar-refractivity contribution in [2.24, 2.45) is 5.73 Å². The van der Waals surface area contributed by atoms with E-state index in [-0.39, 0.29) is 5.57 Å². The van der Waals surface area contributed by atoms with Crippen molar-refractivity contribution in [3.8, 4) is 17.6 Å². The lowest BCUT2D eigenvalue weighted by Gasteiger charge is -2.14. The molecule has 0 aromatic heterocycles. The summed E-state index contributed by atoms with van der Waals surface area (Å²) in [7, 11) is 3.07. The summed E-state index contributed by atoms with van der Waals surface area (Å²) in [4.78, 5) is 11.2. The number of nitriles is 1. The Bertz CT molecular complexity index is 579. The topological polar surface area (TPSA) is 97.4 Å². The number of rotatable bonds is 6. The summed E-state index contributed by atoms with van der Waals surface area (Å²) in [6.07, 6.45) is 1.73. The molecule has 1 aromatic carbocycles. The number of thioether (sulfide) groups is 1. The van der Waals surface area contributed by atoms with Gasteiger partial charge in [0.2, 0.25) is 0 Å². The highest BCUT2D eigenvalue weighted by Gasteiger charge is 2.14. The van der Waals surface area contributed by atoms with Gasteiger partial charge in [0.15, 0.2) is 0 Å². The number of amides is 1. The van der Waals surface area contributed by atoms with E-state index >= 15 is 0 Å². The molecule has 7 heteroatoms. The Balaban J connectivity index is 3.20. The van der Waals surface area contributed by atoms with Crippen molar-refractivity contribution >= 4 is 23.4 Å². The van der Waals surface area contributed by atoms with Crippen LogP contribution in [0, 0.1) is 11.3 Å². The third kappa shape index (κ3) is 3.59. The second kappa shape index (κ2) is 7.31. The second-order valence-corrected chi connectivity index (χ2v) is 4.39. The van der Waals surface area contributed by atoms with E-state index < -0.39 is 5.91 Å². The zero-order valence-corrected chi connectivity index (χ0v) is 12.2. The first-order chi connectivity index (χ1) is 9.57. The van der Waals surface area contributed by atoms with Crippen LogP contribution in [0.3, 0.4) is 0 Å². The highest BCUT2D eigenvalue weighted by Crippen LogP contribution is 2.32. The van der Waals surface area contributed by atoms with Gasteiger partial charge in [0, 0.05) is 6.07 Å². The van der Waals surface area contributed by atoms with Crippen LogP contribution >= 0.6 is 11.8 Å². The fraction of sp³-hybridized carbons (Fsp3) is 0.231. The zero-order chi connectivity index (χ0) is 15.1. The summed E-state index contributed by atoms with van der Waals surface area (Å²) in [5.74, 6) is 0.381. The SMILES string of the molecule is COc1ccc(NC(SC)=C(C#N)C(N)=O)c(OC)c1. The number of hydrogen-bond donors (Lipinski definition) is 2. The molecule has 3 N–H and O–H groups in total. The molecule has 0 saturated heterocycles. The predicted octanol–water partition coefficient (Wildman–Crippen LogP) is 1.70. The van der Waals surface area contributed by atoms with E-state index in [0.29, 0.717) is 22.2 Å². The Morgan fingerprint density at radius 3 is 2.55 bits per heavy atom. The van der Waals surface area contributed by atoms with Gasteiger partial charge in [-0.25, -0.2) is 0 Å². The van der Waals surface area contributed by atoms with E-state index in [1.165, 1.54) is 18.9 Å². The molecular weight excluding hydrogens is 278 g/mol. The summed E-state index contributed by atoms with van der Waals surface area (Å²) in [5.41, 5.74) is 5.64. The number of ether oxygens (including phenoxy) is 2. The Kier molecular flexibility index (Phi) is 5.74. The molecule has 0 saturated carbocycles. The van der Waals surface area contributed by atoms with Crippen molar-refractivity contribution in [2.75, 3.05) is 25.8 Å². The number of carbonyl (C=O) groups is 1. The fourth-order valence-corrected chi connectivity index (χ4v) is 2.02. The first-order valence-corrected chi connectivity index (χ1v) is 6.77. The molecule has 0 fully saturated rings. The quantitative estimate of drug-likeness (QED) is 0.612. The molecule has 0 bridgehead atoms. The van der Waals surface area contributed by atoms with Crippen molar-refractivity contribution in [3.63, 3.8) is 0 Å². The van der Waals surface area contributed by atoms with Crippen molar-refractivity contribution in [1.29, 1.82) is 5.26 Å². The van der Waals surface area contributed by atoms with Crippen molar-refractivity contribution in [3.05, 3.63) is 28.8 Å². The highest BCUT2D eigenvalue weighted by molar-refractivity contribution is 8.02. The number of methoxy groups -OCH3 is 2. The third-order valence-corrected chi connectivity index (χ3v) is 3.16. The highest BCUT2D eigenvalue weighted by atomic mass is 32.2. The number of primary amides is 1. The molecule has 1 amide bonds. The Morgan fingerprint density at radius 1 is 1.40 bits per heavy atom. The Hall–Kier alpha value is -2.33. The monoisotopic (exact) mass is 293 g/mol. The molecule has 20 heavy (non-hydrogen) atoms. The van der Waals surface area contributed by atoms with Crippen LogP contribution in [0.5, 0.6) is 11.5 Å². The Morgan fingerprint density at radius 2 is 2.10 bits per heavy atom. The maximum absolute atomic E-state index is 11.2. The first-order valence-electron chi connectivity index (χ1n) is 5.54. The lowest BCUT2D eigenvalue weighted by atomic mass is 10.2. The van der Waals surface area contributed by atoms with Crippen molar-refractivity contribution in [1.82, 2.24) is 0 Å². The number of carbonyl (C=O) groups excluding carboxylic acids is 1. The van der Waals surface area contributed by atoms with Gasteiger partial charge in [0.25, 0.3) is 5.91 Å². The molecule has 1 rings (SSSR count). The minimum absolute atomic E-state index is 0.129. The van der Waals surface area contributed by atoms with Crippen molar-refractivity contribution in [2.45, 2.75) is 0 Å². The van der Waals surface area contributed by atoms with Crippen LogP contribution in [-0.2, 0) is 4.79 Å². The molecule has 106 valence electrons. The molecule has 0 heterocycles. The molecule has 0 aliphatic rings. The lowest BCUT2D eigenvalue weighted by Crippen LogP contribution is -2.16. The van der Waals surface area contributed by atoms with Crippen LogP contribution in [0.25, 0.3) is 0 Å². The van der Waals surface area contributed by atoms with Gasteiger partial charge in [0.05, 0.1) is 24.9 Å². The fourth-order valence-electron chi connectivity index (χ4n) is 1.46. The predicted molar refractivity (Wildman–Crippen MR) is 78.5 cm³/mol. The number of benzene rings is 1. The normalized spacial score (nSPS) is 11.1. The summed E-state index contributed by atoms with van der Waals surface area (Å²) in [6.45, 7) is 0. The molecule has 0 aliphatic carbocycles. The number of nitrogens with zero attached hydrogens (tertiary/aromatic N) is 1. The number of nitrogens with two attached hydrogens (primary N) is 1. The van der Waals surface area contributed by atoms with E-state index in [1.54, 1.807) is 37.6 Å². The average molecular weight is 293 g/mol. The molecule has 0 spiro atoms. The number of anilines is 1. The minimum atomic E-state index is -0.781. The summed E-state index contributed by atoms with van der Waals surface area (Å²) in [6, 6.07) is 6.94. The number of hydrogen-bond acceptors (Lipinski definition) is 6. The molecule has 1 aromatic rings. The standard InChI is InChI=1S/C13H15N3O3S/c1-18-8-4-5-10(11(6-8)19-2)16-13(20-3)9(7-14)12(15)17/h4-6,16H,1-3H3,(H2,15,17). The summed E-state index contributed by atoms with van der Waals surface area (Å²) >= 11 is 1.21. The van der Waals surface area contributed by atoms with E-state index in [2.05, 4.69) is 5.32 Å². The third-order valence-electron chi connectivity index (χ3n) is 2.45. The van der Waals surface area contributed by atoms with Gasteiger partial charge in [0.1, 0.15) is 23.1 Å². The van der Waals surface area contributed by atoms with Crippen LogP contribution < -0.4 is 20.5 Å². The summed E-state index contributed by atoms with van der Waals surface area (Å²) in [5, 5.41) is 12.3. The van der Waals surface area contributed by atoms with E-state index in [0.717, 1.165) is 0 Å². The van der Waals surface area contributed by atoms with E-state index in [9.17, 15) is 4.79 Å². The van der Waals surface area contributed by atoms with Gasteiger partial charge in [-0.2, -0.15) is 5.26 Å². The largest absolute Gasteiger partial charge is 0.497 e. The molecule has 0 atom stereocenters. The van der Waals surface area contributed by atoms with Crippen LogP contribution in [0.15, 0.2) is 28.8 Å². The van der Waals surface area contributed by atoms with Crippen LogP contribution in [0.4, 0.5) is 5.69 Å². The molecular formula is C13H15N3O3S. The smallest absolute Gasteiger partial charge is 0.262 e. The van der Waals surface area contributed by atoms with Gasteiger partial charge >= 0.3 is 0 Å². The van der Waals surface area contributed by atoms with Gasteiger partial charge in [-0.05, 0) is 18.4 Å². The average Bonchev–Trinajstić information content (AvgIpc) is 2.46. The molecule has 0 aliphatic heterocycles. The molecule has 0 unspecified atom stereocenters. The van der Waals surface area contributed by atoms with Gasteiger partial charge in [-0.15, -0.1) is 11.8 Å². The van der Waals surface area contributed by atoms with Gasteiger partial charge in [-0.1, -0.05) is 0 Å².